The molecule has 2 aliphatic heterocycles. The van der Waals surface area contributed by atoms with Crippen molar-refractivity contribution in [3.63, 3.8) is 0 Å². The fraction of sp³-hybridized carbons (Fsp3) is 0.381. The van der Waals surface area contributed by atoms with E-state index in [1.165, 1.54) is 30.3 Å². The summed E-state index contributed by atoms with van der Waals surface area (Å²) in [6, 6.07) is 9.18. The van der Waals surface area contributed by atoms with E-state index in [4.69, 9.17) is 9.47 Å². The molecule has 2 aromatic rings. The topological polar surface area (TPSA) is 84.9 Å². The number of piperidine rings is 1. The standard InChI is InChI=1S/C21H21F3N2O5S/c22-21(23,24)16-2-1-3-17(14-16)25-32(28,29)18-6-4-15(5-7-18)19(27)26-10-8-20(9-11-26)30-12-13-31-20/h1-7,14,25H,8-13H2. The van der Waals surface area contributed by atoms with Gasteiger partial charge in [-0.3, -0.25) is 9.52 Å². The summed E-state index contributed by atoms with van der Waals surface area (Å²) in [5.41, 5.74) is -0.860. The lowest BCUT2D eigenvalue weighted by Gasteiger charge is -2.37. The first-order valence-electron chi connectivity index (χ1n) is 9.95. The van der Waals surface area contributed by atoms with Crippen LogP contribution in [0.3, 0.4) is 0 Å². The van der Waals surface area contributed by atoms with Crippen LogP contribution in [0.15, 0.2) is 53.4 Å². The van der Waals surface area contributed by atoms with Crippen LogP contribution in [0.4, 0.5) is 18.9 Å². The highest BCUT2D eigenvalue weighted by atomic mass is 32.2. The zero-order chi connectivity index (χ0) is 23.0. The Hall–Kier alpha value is -2.63. The van der Waals surface area contributed by atoms with Crippen molar-refractivity contribution in [2.45, 2.75) is 29.7 Å². The van der Waals surface area contributed by atoms with Crippen LogP contribution in [0.1, 0.15) is 28.8 Å². The first kappa shape index (κ1) is 22.6. The third-order valence-electron chi connectivity index (χ3n) is 5.48. The number of nitrogens with one attached hydrogen (secondary N) is 1. The smallest absolute Gasteiger partial charge is 0.347 e. The first-order valence-corrected chi connectivity index (χ1v) is 11.4. The molecule has 1 amide bonds. The minimum Gasteiger partial charge on any atom is -0.347 e. The summed E-state index contributed by atoms with van der Waals surface area (Å²) in [6.45, 7) is 1.99. The van der Waals surface area contributed by atoms with Crippen LogP contribution in [0.25, 0.3) is 0 Å². The molecule has 1 N–H and O–H groups in total. The highest BCUT2D eigenvalue weighted by Crippen LogP contribution is 2.32. The second kappa shape index (κ2) is 8.38. The van der Waals surface area contributed by atoms with E-state index in [1.54, 1.807) is 4.90 Å². The fourth-order valence-corrected chi connectivity index (χ4v) is 4.82. The zero-order valence-corrected chi connectivity index (χ0v) is 17.7. The van der Waals surface area contributed by atoms with E-state index in [9.17, 15) is 26.4 Å². The van der Waals surface area contributed by atoms with Crippen molar-refractivity contribution >= 4 is 21.6 Å². The maximum Gasteiger partial charge on any atom is 0.416 e. The minimum absolute atomic E-state index is 0.170. The summed E-state index contributed by atoms with van der Waals surface area (Å²) in [6.07, 6.45) is -3.47. The average Bonchev–Trinajstić information content (AvgIpc) is 3.21. The molecule has 4 rings (SSSR count). The Balaban J connectivity index is 1.43. The van der Waals surface area contributed by atoms with E-state index < -0.39 is 27.6 Å². The molecule has 0 atom stereocenters. The SMILES string of the molecule is O=C(c1ccc(S(=O)(=O)Nc2cccc(C(F)(F)F)c2)cc1)N1CCC2(CC1)OCCO2. The van der Waals surface area contributed by atoms with Crippen molar-refractivity contribution < 1.29 is 35.9 Å². The lowest BCUT2D eigenvalue weighted by molar-refractivity contribution is -0.181. The van der Waals surface area contributed by atoms with Gasteiger partial charge in [0.25, 0.3) is 15.9 Å². The molecule has 0 radical (unpaired) electrons. The number of hydrogen-bond donors (Lipinski definition) is 1. The second-order valence-corrected chi connectivity index (χ2v) is 9.29. The van der Waals surface area contributed by atoms with Crippen LogP contribution in [-0.2, 0) is 25.7 Å². The number of carbonyl (C=O) groups is 1. The monoisotopic (exact) mass is 470 g/mol. The van der Waals surface area contributed by atoms with Gasteiger partial charge in [-0.15, -0.1) is 0 Å². The molecule has 0 aliphatic carbocycles. The van der Waals surface area contributed by atoms with Crippen LogP contribution >= 0.6 is 0 Å². The average molecular weight is 470 g/mol. The highest BCUT2D eigenvalue weighted by Gasteiger charge is 2.40. The number of ether oxygens (including phenoxy) is 2. The largest absolute Gasteiger partial charge is 0.416 e. The van der Waals surface area contributed by atoms with Gasteiger partial charge < -0.3 is 14.4 Å². The van der Waals surface area contributed by atoms with Crippen molar-refractivity contribution in [3.8, 4) is 0 Å². The molecule has 0 saturated carbocycles. The Morgan fingerprint density at radius 3 is 2.22 bits per heavy atom. The summed E-state index contributed by atoms with van der Waals surface area (Å²) >= 11 is 0. The molecule has 2 saturated heterocycles. The molecule has 172 valence electrons. The quantitative estimate of drug-likeness (QED) is 0.740. The second-order valence-electron chi connectivity index (χ2n) is 7.61. The maximum absolute atomic E-state index is 12.9. The van der Waals surface area contributed by atoms with E-state index in [2.05, 4.69) is 4.72 Å². The van der Waals surface area contributed by atoms with Gasteiger partial charge in [-0.05, 0) is 42.5 Å². The van der Waals surface area contributed by atoms with E-state index >= 15 is 0 Å². The Kier molecular flexibility index (Phi) is 5.91. The Morgan fingerprint density at radius 1 is 1.00 bits per heavy atom. The van der Waals surface area contributed by atoms with Crippen molar-refractivity contribution in [2.75, 3.05) is 31.0 Å². The molecule has 2 aromatic carbocycles. The lowest BCUT2D eigenvalue weighted by Crippen LogP contribution is -2.47. The van der Waals surface area contributed by atoms with E-state index in [1.807, 2.05) is 0 Å². The molecule has 2 fully saturated rings. The first-order chi connectivity index (χ1) is 15.1. The molecule has 0 unspecified atom stereocenters. The van der Waals surface area contributed by atoms with Crippen molar-refractivity contribution in [1.29, 1.82) is 0 Å². The number of anilines is 1. The number of alkyl halides is 3. The van der Waals surface area contributed by atoms with Gasteiger partial charge in [0, 0.05) is 37.2 Å². The summed E-state index contributed by atoms with van der Waals surface area (Å²) < 4.78 is 77.1. The molecule has 1 spiro atoms. The number of likely N-dealkylation sites (tertiary alicyclic amines) is 1. The molecule has 0 aromatic heterocycles. The van der Waals surface area contributed by atoms with Gasteiger partial charge in [-0.1, -0.05) is 6.07 Å². The summed E-state index contributed by atoms with van der Waals surface area (Å²) in [4.78, 5) is 14.2. The van der Waals surface area contributed by atoms with Crippen LogP contribution in [-0.4, -0.2) is 51.3 Å². The third-order valence-corrected chi connectivity index (χ3v) is 6.88. The molecule has 32 heavy (non-hydrogen) atoms. The number of rotatable bonds is 4. The van der Waals surface area contributed by atoms with Crippen molar-refractivity contribution in [2.24, 2.45) is 0 Å². The number of benzene rings is 2. The molecule has 2 heterocycles. The predicted molar refractivity (Wildman–Crippen MR) is 108 cm³/mol. The number of sulfonamides is 1. The number of nitrogens with zero attached hydrogens (tertiary/aromatic N) is 1. The summed E-state index contributed by atoms with van der Waals surface area (Å²) in [5, 5.41) is 0. The Morgan fingerprint density at radius 2 is 1.62 bits per heavy atom. The number of carbonyl (C=O) groups excluding carboxylic acids is 1. The molecule has 0 bridgehead atoms. The van der Waals surface area contributed by atoms with Gasteiger partial charge in [0.2, 0.25) is 0 Å². The number of hydrogen-bond acceptors (Lipinski definition) is 5. The van der Waals surface area contributed by atoms with Gasteiger partial charge in [0.05, 0.1) is 23.7 Å². The third kappa shape index (κ3) is 4.74. The minimum atomic E-state index is -4.59. The normalized spacial score (nSPS) is 18.7. The van der Waals surface area contributed by atoms with Gasteiger partial charge in [-0.2, -0.15) is 13.2 Å². The number of amides is 1. The van der Waals surface area contributed by atoms with Crippen molar-refractivity contribution in [1.82, 2.24) is 4.90 Å². The molecular weight excluding hydrogens is 449 g/mol. The summed E-state index contributed by atoms with van der Waals surface area (Å²) in [5.74, 6) is -0.850. The molecule has 7 nitrogen and oxygen atoms in total. The summed E-state index contributed by atoms with van der Waals surface area (Å²) in [7, 11) is -4.13. The Labute approximate surface area is 183 Å². The molecule has 2 aliphatic rings. The van der Waals surface area contributed by atoms with Crippen LogP contribution in [0, 0.1) is 0 Å². The van der Waals surface area contributed by atoms with Crippen LogP contribution in [0.2, 0.25) is 0 Å². The molecule has 11 heteroatoms. The van der Waals surface area contributed by atoms with Crippen molar-refractivity contribution in [3.05, 3.63) is 59.7 Å². The van der Waals surface area contributed by atoms with E-state index in [0.717, 1.165) is 18.2 Å². The van der Waals surface area contributed by atoms with Gasteiger partial charge in [0.15, 0.2) is 5.79 Å². The van der Waals surface area contributed by atoms with Gasteiger partial charge >= 0.3 is 6.18 Å². The number of halogens is 3. The highest BCUT2D eigenvalue weighted by molar-refractivity contribution is 7.92. The zero-order valence-electron chi connectivity index (χ0n) is 16.9. The lowest BCUT2D eigenvalue weighted by atomic mass is 10.0. The maximum atomic E-state index is 12.9. The van der Waals surface area contributed by atoms with E-state index in [0.29, 0.717) is 44.7 Å². The van der Waals surface area contributed by atoms with Crippen LogP contribution in [0.5, 0.6) is 0 Å². The van der Waals surface area contributed by atoms with E-state index in [-0.39, 0.29) is 16.5 Å². The predicted octanol–water partition coefficient (Wildman–Crippen LogP) is 3.49. The fourth-order valence-electron chi connectivity index (χ4n) is 3.77. The van der Waals surface area contributed by atoms with Gasteiger partial charge in [-0.25, -0.2) is 8.42 Å². The Bertz CT molecular complexity index is 1090. The molecular formula is C21H21F3N2O5S. The van der Waals surface area contributed by atoms with Gasteiger partial charge in [0.1, 0.15) is 0 Å². The van der Waals surface area contributed by atoms with Crippen LogP contribution < -0.4 is 4.72 Å².